The van der Waals surface area contributed by atoms with E-state index in [1.165, 1.54) is 24.3 Å². The van der Waals surface area contributed by atoms with Crippen LogP contribution in [0, 0.1) is 12.8 Å². The molecule has 0 radical (unpaired) electrons. The molecule has 1 aliphatic rings. The smallest absolute Gasteiger partial charge is 0.452 e. The number of hydrogen-bond acceptors (Lipinski definition) is 6. The minimum absolute atomic E-state index is 0.0854. The van der Waals surface area contributed by atoms with Gasteiger partial charge in [0.05, 0.1) is 0 Å². The molecule has 2 aromatic rings. The van der Waals surface area contributed by atoms with Crippen molar-refractivity contribution in [2.75, 3.05) is 33.2 Å². The molecule has 3 rings (SSSR count). The van der Waals surface area contributed by atoms with Crippen molar-refractivity contribution < 1.29 is 30.5 Å². The molecule has 0 bridgehead atoms. The Kier molecular flexibility index (Phi) is 6.11. The fraction of sp³-hybridized carbons (Fsp3) is 0.611. The highest BCUT2D eigenvalue weighted by Crippen LogP contribution is 2.34. The molecule has 11 heteroatoms. The fourth-order valence-electron chi connectivity index (χ4n) is 3.59. The first-order chi connectivity index (χ1) is 13.5. The van der Waals surface area contributed by atoms with Gasteiger partial charge in [0.15, 0.2) is 5.76 Å². The number of rotatable bonds is 6. The van der Waals surface area contributed by atoms with Gasteiger partial charge >= 0.3 is 6.18 Å². The fourth-order valence-corrected chi connectivity index (χ4v) is 4.99. The van der Waals surface area contributed by atoms with E-state index >= 15 is 0 Å². The number of aryl methyl sites for hydroxylation is 1. The number of hydrogen-bond donors (Lipinski definition) is 0. The van der Waals surface area contributed by atoms with Crippen LogP contribution in [0.25, 0.3) is 11.5 Å². The lowest BCUT2D eigenvalue weighted by Gasteiger charge is -2.33. The lowest BCUT2D eigenvalue weighted by molar-refractivity contribution is -0.155. The number of piperidine rings is 1. The van der Waals surface area contributed by atoms with Gasteiger partial charge in [-0.05, 0) is 38.8 Å². The van der Waals surface area contributed by atoms with Gasteiger partial charge in [0, 0.05) is 32.3 Å². The van der Waals surface area contributed by atoms with Crippen LogP contribution in [0.15, 0.2) is 26.0 Å². The second kappa shape index (κ2) is 8.11. The Morgan fingerprint density at radius 3 is 2.69 bits per heavy atom. The van der Waals surface area contributed by atoms with Crippen molar-refractivity contribution in [3.63, 3.8) is 0 Å². The van der Waals surface area contributed by atoms with Gasteiger partial charge in [-0.25, -0.2) is 12.7 Å². The van der Waals surface area contributed by atoms with Crippen LogP contribution in [0.3, 0.4) is 0 Å². The van der Waals surface area contributed by atoms with Crippen molar-refractivity contribution in [3.8, 4) is 11.5 Å². The number of sulfonamides is 1. The van der Waals surface area contributed by atoms with Crippen molar-refractivity contribution in [2.45, 2.75) is 37.8 Å². The molecule has 2 aromatic heterocycles. The molecule has 0 amide bonds. The molecule has 0 saturated carbocycles. The SMILES string of the molecule is CCN1CCC[C@H](CN(C)S(=O)(=O)c2cc(-c3cc(C(F)(F)F)on3)oc2C)C1. The summed E-state index contributed by atoms with van der Waals surface area (Å²) in [5, 5.41) is 3.34. The molecule has 0 unspecified atom stereocenters. The van der Waals surface area contributed by atoms with Gasteiger partial charge in [0.25, 0.3) is 0 Å². The van der Waals surface area contributed by atoms with Crippen LogP contribution in [0.4, 0.5) is 13.2 Å². The predicted molar refractivity (Wildman–Crippen MR) is 98.6 cm³/mol. The minimum atomic E-state index is -4.69. The summed E-state index contributed by atoms with van der Waals surface area (Å²) in [7, 11) is -2.36. The third kappa shape index (κ3) is 4.67. The van der Waals surface area contributed by atoms with Crippen molar-refractivity contribution in [2.24, 2.45) is 5.92 Å². The summed E-state index contributed by atoms with van der Waals surface area (Å²) < 4.78 is 75.1. The number of likely N-dealkylation sites (tertiary alicyclic amines) is 1. The highest BCUT2D eigenvalue weighted by Gasteiger charge is 2.37. The average Bonchev–Trinajstić information content (AvgIpc) is 3.28. The number of alkyl halides is 3. The second-order valence-electron chi connectivity index (χ2n) is 7.29. The lowest BCUT2D eigenvalue weighted by atomic mass is 9.98. The van der Waals surface area contributed by atoms with Gasteiger partial charge in [-0.1, -0.05) is 12.1 Å². The Morgan fingerprint density at radius 1 is 1.34 bits per heavy atom. The third-order valence-electron chi connectivity index (χ3n) is 5.17. The minimum Gasteiger partial charge on any atom is -0.458 e. The van der Waals surface area contributed by atoms with Gasteiger partial charge in [-0.2, -0.15) is 13.2 Å². The van der Waals surface area contributed by atoms with E-state index < -0.39 is 22.0 Å². The molecule has 1 atom stereocenters. The molecule has 3 heterocycles. The Hall–Kier alpha value is -1.85. The van der Waals surface area contributed by atoms with E-state index in [0.29, 0.717) is 12.6 Å². The van der Waals surface area contributed by atoms with Crippen molar-refractivity contribution in [1.82, 2.24) is 14.4 Å². The van der Waals surface area contributed by atoms with Crippen LogP contribution in [-0.4, -0.2) is 56.0 Å². The first-order valence-electron chi connectivity index (χ1n) is 9.35. The highest BCUT2D eigenvalue weighted by molar-refractivity contribution is 7.89. The van der Waals surface area contributed by atoms with E-state index in [1.807, 2.05) is 0 Å². The van der Waals surface area contributed by atoms with E-state index in [0.717, 1.165) is 32.5 Å². The normalized spacial score (nSPS) is 19.2. The van der Waals surface area contributed by atoms with E-state index in [4.69, 9.17) is 4.42 Å². The number of halogens is 3. The summed E-state index contributed by atoms with van der Waals surface area (Å²) in [6.45, 7) is 6.67. The maximum atomic E-state index is 13.0. The molecule has 1 aliphatic heterocycles. The molecule has 162 valence electrons. The molecular formula is C18H24F3N3O4S. The topological polar surface area (TPSA) is 79.8 Å². The molecule has 1 saturated heterocycles. The van der Waals surface area contributed by atoms with Crippen LogP contribution in [0.2, 0.25) is 0 Å². The van der Waals surface area contributed by atoms with Gasteiger partial charge in [0.1, 0.15) is 16.3 Å². The van der Waals surface area contributed by atoms with Crippen molar-refractivity contribution >= 4 is 10.0 Å². The van der Waals surface area contributed by atoms with E-state index in [9.17, 15) is 21.6 Å². The maximum Gasteiger partial charge on any atom is 0.452 e. The van der Waals surface area contributed by atoms with Gasteiger partial charge in [0.2, 0.25) is 15.8 Å². The average molecular weight is 435 g/mol. The number of aromatic nitrogens is 1. The largest absolute Gasteiger partial charge is 0.458 e. The van der Waals surface area contributed by atoms with Gasteiger partial charge in [-0.3, -0.25) is 0 Å². The van der Waals surface area contributed by atoms with Crippen LogP contribution in [-0.2, 0) is 16.2 Å². The zero-order valence-corrected chi connectivity index (χ0v) is 17.3. The van der Waals surface area contributed by atoms with Crippen LogP contribution < -0.4 is 0 Å². The molecule has 0 aromatic carbocycles. The second-order valence-corrected chi connectivity index (χ2v) is 9.31. The monoisotopic (exact) mass is 435 g/mol. The zero-order chi connectivity index (χ0) is 21.4. The summed E-state index contributed by atoms with van der Waals surface area (Å²) in [6.07, 6.45) is -2.71. The van der Waals surface area contributed by atoms with E-state index in [1.54, 1.807) is 0 Å². The standard InChI is InChI=1S/C18H24F3N3O4S/c1-4-24-7-5-6-13(11-24)10-23(3)29(25,26)16-9-15(27-12(16)2)14-8-17(28-22-14)18(19,20)21/h8-9,13H,4-7,10-11H2,1-3H3/t13-/m1/s1. The van der Waals surface area contributed by atoms with Crippen molar-refractivity contribution in [1.29, 1.82) is 0 Å². The molecule has 0 N–H and O–H groups in total. The molecule has 0 aliphatic carbocycles. The third-order valence-corrected chi connectivity index (χ3v) is 7.10. The molecule has 29 heavy (non-hydrogen) atoms. The van der Waals surface area contributed by atoms with Crippen LogP contribution >= 0.6 is 0 Å². The van der Waals surface area contributed by atoms with Crippen LogP contribution in [0.5, 0.6) is 0 Å². The van der Waals surface area contributed by atoms with Crippen molar-refractivity contribution in [3.05, 3.63) is 23.7 Å². The summed E-state index contributed by atoms with van der Waals surface area (Å²) >= 11 is 0. The Morgan fingerprint density at radius 2 is 2.07 bits per heavy atom. The van der Waals surface area contributed by atoms with E-state index in [2.05, 4.69) is 21.5 Å². The first kappa shape index (κ1) is 21.8. The summed E-state index contributed by atoms with van der Waals surface area (Å²) in [6, 6.07) is 1.87. The maximum absolute atomic E-state index is 13.0. The van der Waals surface area contributed by atoms with Crippen LogP contribution in [0.1, 0.15) is 31.3 Å². The summed E-state index contributed by atoms with van der Waals surface area (Å²) in [5.74, 6) is -1.06. The summed E-state index contributed by atoms with van der Waals surface area (Å²) in [5.41, 5.74) is -0.213. The Labute approximate surface area is 167 Å². The Balaban J connectivity index is 1.79. The molecule has 7 nitrogen and oxygen atoms in total. The molecular weight excluding hydrogens is 411 g/mol. The summed E-state index contributed by atoms with van der Waals surface area (Å²) in [4.78, 5) is 2.20. The number of furan rings is 1. The van der Waals surface area contributed by atoms with Gasteiger partial charge in [-0.15, -0.1) is 0 Å². The van der Waals surface area contributed by atoms with Gasteiger partial charge < -0.3 is 13.8 Å². The zero-order valence-electron chi connectivity index (χ0n) is 16.5. The Bertz CT molecular complexity index is 952. The number of nitrogens with zero attached hydrogens (tertiary/aromatic N) is 3. The van der Waals surface area contributed by atoms with E-state index in [-0.39, 0.29) is 28.0 Å². The lowest BCUT2D eigenvalue weighted by Crippen LogP contribution is -2.41. The quantitative estimate of drug-likeness (QED) is 0.690. The first-order valence-corrected chi connectivity index (χ1v) is 10.8. The predicted octanol–water partition coefficient (Wildman–Crippen LogP) is 3.61. The highest BCUT2D eigenvalue weighted by atomic mass is 32.2. The molecule has 1 fully saturated rings. The molecule has 0 spiro atoms.